The number of Topliss-reactive ketones (excluding diaryl/α,β-unsaturated/α-hetero) is 1. The third-order valence-corrected chi connectivity index (χ3v) is 2.21. The summed E-state index contributed by atoms with van der Waals surface area (Å²) in [6, 6.07) is 4.54. The normalized spacial score (nSPS) is 19.9. The maximum absolute atomic E-state index is 11.6. The van der Waals surface area contributed by atoms with Crippen LogP contribution >= 0.6 is 0 Å². The van der Waals surface area contributed by atoms with E-state index in [2.05, 4.69) is 0 Å². The van der Waals surface area contributed by atoms with Crippen molar-refractivity contribution in [3.05, 3.63) is 23.8 Å². The summed E-state index contributed by atoms with van der Waals surface area (Å²) in [5, 5.41) is 0. The fourth-order valence-electron chi connectivity index (χ4n) is 1.41. The van der Waals surface area contributed by atoms with Gasteiger partial charge in [-0.15, -0.1) is 0 Å². The first kappa shape index (κ1) is 9.02. The molecule has 14 heavy (non-hydrogen) atoms. The van der Waals surface area contributed by atoms with E-state index in [9.17, 15) is 4.79 Å². The number of nitrogens with two attached hydrogens (primary N) is 1. The van der Waals surface area contributed by atoms with Crippen LogP contribution in [0.25, 0.3) is 0 Å². The van der Waals surface area contributed by atoms with Crippen molar-refractivity contribution < 1.29 is 14.3 Å². The van der Waals surface area contributed by atoms with Gasteiger partial charge in [0, 0.05) is 6.07 Å². The maximum atomic E-state index is 11.6. The third kappa shape index (κ3) is 1.33. The molecule has 0 saturated heterocycles. The Hall–Kier alpha value is -1.55. The highest BCUT2D eigenvalue weighted by Gasteiger charge is 2.25. The van der Waals surface area contributed by atoms with Crippen molar-refractivity contribution in [2.24, 2.45) is 5.73 Å². The molecule has 1 heterocycles. The number of hydrogen-bond donors (Lipinski definition) is 1. The van der Waals surface area contributed by atoms with E-state index >= 15 is 0 Å². The summed E-state index contributed by atoms with van der Waals surface area (Å²) in [5.74, 6) is 1.15. The Kier molecular flexibility index (Phi) is 2.13. The molecule has 4 nitrogen and oxygen atoms in total. The second kappa shape index (κ2) is 3.31. The van der Waals surface area contributed by atoms with Crippen LogP contribution in [0.3, 0.4) is 0 Å². The van der Waals surface area contributed by atoms with Crippen LogP contribution in [-0.2, 0) is 0 Å². The van der Waals surface area contributed by atoms with Crippen LogP contribution in [0.2, 0.25) is 0 Å². The van der Waals surface area contributed by atoms with Gasteiger partial charge in [-0.1, -0.05) is 0 Å². The lowest BCUT2D eigenvalue weighted by molar-refractivity contribution is 0.0899. The van der Waals surface area contributed by atoms with Gasteiger partial charge in [-0.25, -0.2) is 0 Å². The van der Waals surface area contributed by atoms with Crippen molar-refractivity contribution in [3.63, 3.8) is 0 Å². The molecule has 1 aromatic carbocycles. The Bertz CT molecular complexity index is 376. The minimum absolute atomic E-state index is 0.0751. The first-order valence-electron chi connectivity index (χ1n) is 4.33. The third-order valence-electron chi connectivity index (χ3n) is 2.21. The maximum Gasteiger partial charge on any atom is 0.186 e. The van der Waals surface area contributed by atoms with E-state index in [1.54, 1.807) is 25.3 Å². The zero-order chi connectivity index (χ0) is 10.1. The van der Waals surface area contributed by atoms with Crippen LogP contribution in [0.5, 0.6) is 11.5 Å². The van der Waals surface area contributed by atoms with Gasteiger partial charge in [0.05, 0.1) is 12.7 Å². The number of carbonyl (C=O) groups excluding carboxylic acids is 1. The standard InChI is InChI=1S/C10H11NO3/c1-13-6-2-3-7-9(4-6)14-5-8(11)10(7)12/h2-4,8H,5,11H2,1H3. The number of hydrogen-bond acceptors (Lipinski definition) is 4. The van der Waals surface area contributed by atoms with Gasteiger partial charge in [0.2, 0.25) is 0 Å². The molecule has 0 aliphatic carbocycles. The van der Waals surface area contributed by atoms with Crippen molar-refractivity contribution in [1.29, 1.82) is 0 Å². The summed E-state index contributed by atoms with van der Waals surface area (Å²) in [5.41, 5.74) is 6.09. The Morgan fingerprint density at radius 1 is 1.57 bits per heavy atom. The second-order valence-electron chi connectivity index (χ2n) is 3.14. The minimum Gasteiger partial charge on any atom is -0.497 e. The molecule has 1 unspecified atom stereocenters. The van der Waals surface area contributed by atoms with E-state index in [1.807, 2.05) is 0 Å². The van der Waals surface area contributed by atoms with E-state index in [0.717, 1.165) is 0 Å². The van der Waals surface area contributed by atoms with Crippen molar-refractivity contribution in [2.75, 3.05) is 13.7 Å². The van der Waals surface area contributed by atoms with Crippen LogP contribution in [0.1, 0.15) is 10.4 Å². The first-order valence-corrected chi connectivity index (χ1v) is 4.33. The largest absolute Gasteiger partial charge is 0.497 e. The van der Waals surface area contributed by atoms with Crippen LogP contribution in [0, 0.1) is 0 Å². The van der Waals surface area contributed by atoms with Crippen LogP contribution < -0.4 is 15.2 Å². The van der Waals surface area contributed by atoms with E-state index in [4.69, 9.17) is 15.2 Å². The summed E-state index contributed by atoms with van der Waals surface area (Å²) in [6.45, 7) is 0.235. The lowest BCUT2D eigenvalue weighted by Crippen LogP contribution is -2.40. The molecule has 1 aromatic rings. The summed E-state index contributed by atoms with van der Waals surface area (Å²) in [7, 11) is 1.57. The second-order valence-corrected chi connectivity index (χ2v) is 3.14. The van der Waals surface area contributed by atoms with E-state index < -0.39 is 6.04 Å². The van der Waals surface area contributed by atoms with Gasteiger partial charge in [-0.2, -0.15) is 0 Å². The van der Waals surface area contributed by atoms with E-state index in [-0.39, 0.29) is 12.4 Å². The Morgan fingerprint density at radius 3 is 3.07 bits per heavy atom. The molecule has 0 radical (unpaired) electrons. The molecule has 1 aliphatic heterocycles. The molecule has 2 N–H and O–H groups in total. The van der Waals surface area contributed by atoms with Gasteiger partial charge in [-0.3, -0.25) is 4.79 Å². The quantitative estimate of drug-likeness (QED) is 0.709. The lowest BCUT2D eigenvalue weighted by Gasteiger charge is -2.21. The van der Waals surface area contributed by atoms with Gasteiger partial charge >= 0.3 is 0 Å². The van der Waals surface area contributed by atoms with E-state index in [1.165, 1.54) is 0 Å². The Balaban J connectivity index is 2.44. The predicted octanol–water partition coefficient (Wildman–Crippen LogP) is 0.598. The van der Waals surface area contributed by atoms with Crippen molar-refractivity contribution in [3.8, 4) is 11.5 Å². The number of fused-ring (bicyclic) bond motifs is 1. The monoisotopic (exact) mass is 193 g/mol. The first-order chi connectivity index (χ1) is 6.72. The summed E-state index contributed by atoms with van der Waals surface area (Å²) < 4.78 is 10.3. The van der Waals surface area contributed by atoms with Gasteiger partial charge < -0.3 is 15.2 Å². The number of ether oxygens (including phenoxy) is 2. The molecule has 0 saturated carbocycles. The Morgan fingerprint density at radius 2 is 2.36 bits per heavy atom. The molecule has 0 fully saturated rings. The van der Waals surface area contributed by atoms with Crippen LogP contribution in [0.4, 0.5) is 0 Å². The molecule has 0 amide bonds. The number of carbonyl (C=O) groups is 1. The summed E-state index contributed by atoms with van der Waals surface area (Å²) in [6.07, 6.45) is 0. The highest BCUT2D eigenvalue weighted by Crippen LogP contribution is 2.28. The Labute approximate surface area is 81.6 Å². The zero-order valence-corrected chi connectivity index (χ0v) is 7.82. The van der Waals surface area contributed by atoms with Crippen molar-refractivity contribution in [2.45, 2.75) is 6.04 Å². The molecule has 4 heteroatoms. The molecule has 2 rings (SSSR count). The van der Waals surface area contributed by atoms with E-state index in [0.29, 0.717) is 17.1 Å². The molecular formula is C10H11NO3. The number of rotatable bonds is 1. The van der Waals surface area contributed by atoms with Gasteiger partial charge in [0.1, 0.15) is 24.1 Å². The number of benzene rings is 1. The van der Waals surface area contributed by atoms with Crippen LogP contribution in [-0.4, -0.2) is 25.5 Å². The minimum atomic E-state index is -0.545. The molecule has 0 spiro atoms. The predicted molar refractivity (Wildman–Crippen MR) is 50.8 cm³/mol. The van der Waals surface area contributed by atoms with Gasteiger partial charge in [-0.05, 0) is 12.1 Å². The van der Waals surface area contributed by atoms with Crippen molar-refractivity contribution >= 4 is 5.78 Å². The highest BCUT2D eigenvalue weighted by atomic mass is 16.5. The summed E-state index contributed by atoms with van der Waals surface area (Å²) in [4.78, 5) is 11.6. The van der Waals surface area contributed by atoms with Crippen LogP contribution in [0.15, 0.2) is 18.2 Å². The molecular weight excluding hydrogens is 182 g/mol. The molecule has 0 bridgehead atoms. The lowest BCUT2D eigenvalue weighted by atomic mass is 10.0. The summed E-state index contributed by atoms with van der Waals surface area (Å²) >= 11 is 0. The number of ketones is 1. The van der Waals surface area contributed by atoms with Gasteiger partial charge in [0.25, 0.3) is 0 Å². The fraction of sp³-hybridized carbons (Fsp3) is 0.300. The average Bonchev–Trinajstić information content (AvgIpc) is 2.23. The average molecular weight is 193 g/mol. The fourth-order valence-corrected chi connectivity index (χ4v) is 1.41. The topological polar surface area (TPSA) is 61.6 Å². The van der Waals surface area contributed by atoms with Gasteiger partial charge in [0.15, 0.2) is 5.78 Å². The molecule has 74 valence electrons. The molecule has 0 aromatic heterocycles. The highest BCUT2D eigenvalue weighted by molar-refractivity contribution is 6.03. The molecule has 1 atom stereocenters. The molecule has 1 aliphatic rings. The van der Waals surface area contributed by atoms with Crippen molar-refractivity contribution in [1.82, 2.24) is 0 Å². The number of methoxy groups -OCH3 is 1. The smallest absolute Gasteiger partial charge is 0.186 e. The zero-order valence-electron chi connectivity index (χ0n) is 7.82. The SMILES string of the molecule is COc1ccc2c(c1)OCC(N)C2=O.